The van der Waals surface area contributed by atoms with E-state index in [1.54, 1.807) is 0 Å². The molecule has 1 atom stereocenters. The molecule has 0 aliphatic heterocycles. The van der Waals surface area contributed by atoms with Crippen LogP contribution >= 0.6 is 11.3 Å². The second-order valence-corrected chi connectivity index (χ2v) is 6.10. The number of hydrogen-bond donors (Lipinski definition) is 2. The topological polar surface area (TPSA) is 118 Å². The first kappa shape index (κ1) is 15.3. The van der Waals surface area contributed by atoms with Gasteiger partial charge in [0.1, 0.15) is 16.9 Å². The molecule has 10 heteroatoms. The summed E-state index contributed by atoms with van der Waals surface area (Å²) >= 11 is 1.31. The number of amides is 1. The van der Waals surface area contributed by atoms with Crippen LogP contribution in [0, 0.1) is 0 Å². The fourth-order valence-electron chi connectivity index (χ4n) is 2.16. The van der Waals surface area contributed by atoms with Gasteiger partial charge in [0.2, 0.25) is 5.13 Å². The predicted octanol–water partition coefficient (Wildman–Crippen LogP) is 1.42. The highest BCUT2D eigenvalue weighted by Gasteiger charge is 2.17. The van der Waals surface area contributed by atoms with Crippen molar-refractivity contribution >= 4 is 28.2 Å². The van der Waals surface area contributed by atoms with Crippen LogP contribution in [0.25, 0.3) is 5.78 Å². The largest absolute Gasteiger partial charge is 0.296 e. The molecule has 0 bridgehead atoms. The Morgan fingerprint density at radius 3 is 3.04 bits per heavy atom. The van der Waals surface area contributed by atoms with Crippen LogP contribution in [0.15, 0.2) is 17.3 Å². The number of fused-ring (bicyclic) bond motifs is 1. The van der Waals surface area contributed by atoms with E-state index in [9.17, 15) is 9.59 Å². The van der Waals surface area contributed by atoms with E-state index in [-0.39, 0.29) is 17.3 Å². The summed E-state index contributed by atoms with van der Waals surface area (Å²) in [5.41, 5.74) is -0.612. The maximum atomic E-state index is 12.2. The highest BCUT2D eigenvalue weighted by atomic mass is 32.1. The first-order valence-corrected chi connectivity index (χ1v) is 7.97. The Morgan fingerprint density at radius 2 is 2.26 bits per heavy atom. The third kappa shape index (κ3) is 2.97. The molecule has 0 aliphatic carbocycles. The van der Waals surface area contributed by atoms with Crippen LogP contribution in [0.4, 0.5) is 5.13 Å². The highest BCUT2D eigenvalue weighted by Crippen LogP contribution is 2.26. The van der Waals surface area contributed by atoms with Crippen molar-refractivity contribution in [3.8, 4) is 0 Å². The number of hydrogen-bond acceptors (Lipinski definition) is 7. The number of anilines is 1. The quantitative estimate of drug-likeness (QED) is 0.729. The molecule has 0 fully saturated rings. The molecule has 2 N–H and O–H groups in total. The number of aromatic amines is 1. The molecule has 0 radical (unpaired) electrons. The summed E-state index contributed by atoms with van der Waals surface area (Å²) in [5.74, 6) is -0.0766. The first-order valence-electron chi connectivity index (χ1n) is 7.16. The number of H-pyrrole nitrogens is 1. The molecule has 23 heavy (non-hydrogen) atoms. The number of aromatic nitrogens is 6. The van der Waals surface area contributed by atoms with Gasteiger partial charge in [0.15, 0.2) is 0 Å². The standard InChI is InChI=1S/C13H15N7O2S/c1-3-4-7(2)10-18-19-13(23-10)17-9(21)8-5-14-12-15-6-16-20(12)11(8)22/h5-7H,3-4H2,1-2H3,(H,14,15,16)(H,17,19,21). The van der Waals surface area contributed by atoms with Crippen LogP contribution in [0.2, 0.25) is 0 Å². The van der Waals surface area contributed by atoms with Crippen molar-refractivity contribution in [2.24, 2.45) is 0 Å². The first-order chi connectivity index (χ1) is 11.1. The Bertz CT molecular complexity index is 897. The zero-order valence-corrected chi connectivity index (χ0v) is 13.4. The monoisotopic (exact) mass is 333 g/mol. The molecule has 3 heterocycles. The molecule has 0 spiro atoms. The van der Waals surface area contributed by atoms with E-state index >= 15 is 0 Å². The summed E-state index contributed by atoms with van der Waals surface area (Å²) in [5, 5.41) is 14.5. The molecular formula is C13H15N7O2S. The fraction of sp³-hybridized carbons (Fsp3) is 0.385. The van der Waals surface area contributed by atoms with Crippen LogP contribution in [0.1, 0.15) is 48.0 Å². The predicted molar refractivity (Wildman–Crippen MR) is 84.8 cm³/mol. The minimum Gasteiger partial charge on any atom is -0.296 e. The van der Waals surface area contributed by atoms with E-state index in [1.807, 2.05) is 0 Å². The number of nitrogens with zero attached hydrogens (tertiary/aromatic N) is 5. The number of nitrogens with one attached hydrogen (secondary N) is 2. The van der Waals surface area contributed by atoms with E-state index in [2.05, 4.69) is 44.4 Å². The van der Waals surface area contributed by atoms with Crippen LogP contribution in [-0.4, -0.2) is 35.7 Å². The van der Waals surface area contributed by atoms with Gasteiger partial charge >= 0.3 is 0 Å². The lowest BCUT2D eigenvalue weighted by molar-refractivity contribution is 0.102. The molecule has 0 saturated carbocycles. The van der Waals surface area contributed by atoms with Crippen LogP contribution in [0.5, 0.6) is 0 Å². The minimum absolute atomic E-state index is 0.0925. The van der Waals surface area contributed by atoms with Crippen molar-refractivity contribution in [1.29, 1.82) is 0 Å². The molecule has 0 aromatic carbocycles. The molecule has 3 aromatic heterocycles. The van der Waals surface area contributed by atoms with Gasteiger partial charge in [-0.1, -0.05) is 31.6 Å². The van der Waals surface area contributed by atoms with Crippen LogP contribution in [-0.2, 0) is 0 Å². The Hall–Kier alpha value is -2.62. The lowest BCUT2D eigenvalue weighted by atomic mass is 10.1. The van der Waals surface area contributed by atoms with Gasteiger partial charge in [0, 0.05) is 12.1 Å². The average molecular weight is 333 g/mol. The van der Waals surface area contributed by atoms with Gasteiger partial charge in [-0.2, -0.15) is 4.52 Å². The normalized spacial score (nSPS) is 12.4. The van der Waals surface area contributed by atoms with Crippen molar-refractivity contribution in [1.82, 2.24) is 29.8 Å². The summed E-state index contributed by atoms with van der Waals surface area (Å²) in [6.07, 6.45) is 4.59. The number of carbonyl (C=O) groups excluding carboxylic acids is 1. The van der Waals surface area contributed by atoms with Crippen molar-refractivity contribution in [3.63, 3.8) is 0 Å². The summed E-state index contributed by atoms with van der Waals surface area (Å²) in [4.78, 5) is 32.2. The molecule has 9 nitrogen and oxygen atoms in total. The summed E-state index contributed by atoms with van der Waals surface area (Å²) in [6, 6.07) is 0. The van der Waals surface area contributed by atoms with Crippen LogP contribution < -0.4 is 10.9 Å². The van der Waals surface area contributed by atoms with E-state index in [0.29, 0.717) is 5.13 Å². The van der Waals surface area contributed by atoms with Crippen molar-refractivity contribution in [2.45, 2.75) is 32.6 Å². The fourth-order valence-corrected chi connectivity index (χ4v) is 2.98. The van der Waals surface area contributed by atoms with E-state index in [4.69, 9.17) is 0 Å². The van der Waals surface area contributed by atoms with Gasteiger partial charge in [0.25, 0.3) is 17.2 Å². The molecule has 3 aromatic rings. The molecular weight excluding hydrogens is 318 g/mol. The number of rotatable bonds is 5. The SMILES string of the molecule is CCCC(C)c1nnc(NC(=O)c2cnc3nc[nH]n3c2=O)s1. The average Bonchev–Trinajstić information content (AvgIpc) is 3.17. The van der Waals surface area contributed by atoms with Crippen molar-refractivity contribution in [2.75, 3.05) is 5.32 Å². The van der Waals surface area contributed by atoms with Gasteiger partial charge in [-0.3, -0.25) is 20.0 Å². The third-order valence-corrected chi connectivity index (χ3v) is 4.43. The maximum absolute atomic E-state index is 12.2. The van der Waals surface area contributed by atoms with E-state index < -0.39 is 11.5 Å². The molecule has 1 unspecified atom stereocenters. The molecule has 3 rings (SSSR count). The van der Waals surface area contributed by atoms with Gasteiger partial charge in [0.05, 0.1) is 0 Å². The lowest BCUT2D eigenvalue weighted by Crippen LogP contribution is -2.26. The van der Waals surface area contributed by atoms with Crippen molar-refractivity contribution in [3.05, 3.63) is 33.4 Å². The maximum Gasteiger partial charge on any atom is 0.286 e. The smallest absolute Gasteiger partial charge is 0.286 e. The Kier molecular flexibility index (Phi) is 4.15. The summed E-state index contributed by atoms with van der Waals surface area (Å²) in [6.45, 7) is 4.17. The Labute approximate surface area is 134 Å². The van der Waals surface area contributed by atoms with E-state index in [1.165, 1.54) is 23.9 Å². The molecule has 0 saturated heterocycles. The van der Waals surface area contributed by atoms with Gasteiger partial charge < -0.3 is 0 Å². The minimum atomic E-state index is -0.572. The van der Waals surface area contributed by atoms with Crippen LogP contribution in [0.3, 0.4) is 0 Å². The second-order valence-electron chi connectivity index (χ2n) is 5.09. The van der Waals surface area contributed by atoms with Gasteiger partial charge in [-0.25, -0.2) is 9.97 Å². The molecule has 0 aliphatic rings. The molecule has 1 amide bonds. The molecule has 120 valence electrons. The van der Waals surface area contributed by atoms with E-state index in [0.717, 1.165) is 22.4 Å². The van der Waals surface area contributed by atoms with Crippen molar-refractivity contribution < 1.29 is 4.79 Å². The second kappa shape index (κ2) is 6.24. The highest BCUT2D eigenvalue weighted by molar-refractivity contribution is 7.15. The summed E-state index contributed by atoms with van der Waals surface area (Å²) < 4.78 is 1.10. The Balaban J connectivity index is 1.81. The Morgan fingerprint density at radius 1 is 1.43 bits per heavy atom. The zero-order valence-electron chi connectivity index (χ0n) is 12.6. The van der Waals surface area contributed by atoms with Gasteiger partial charge in [-0.15, -0.1) is 10.2 Å². The zero-order chi connectivity index (χ0) is 16.4. The third-order valence-electron chi connectivity index (χ3n) is 3.36. The summed E-state index contributed by atoms with van der Waals surface area (Å²) in [7, 11) is 0. The lowest BCUT2D eigenvalue weighted by Gasteiger charge is -2.03. The van der Waals surface area contributed by atoms with Gasteiger partial charge in [-0.05, 0) is 6.42 Å². The number of carbonyl (C=O) groups is 1.